The number of rotatable bonds is 2. The average molecular weight is 260 g/mol. The molecule has 1 fully saturated rings. The molecule has 1 aromatic carbocycles. The summed E-state index contributed by atoms with van der Waals surface area (Å²) in [4.78, 5) is 2.12. The van der Waals surface area contributed by atoms with Crippen LogP contribution in [0.15, 0.2) is 24.5 Å². The van der Waals surface area contributed by atoms with Crippen molar-refractivity contribution in [1.82, 2.24) is 20.2 Å². The molecular formula is C12H16N6O. The Balaban J connectivity index is 1.87. The van der Waals surface area contributed by atoms with Gasteiger partial charge in [0.1, 0.15) is 6.33 Å². The average Bonchev–Trinajstić information content (AvgIpc) is 2.92. The molecule has 0 saturated carbocycles. The zero-order valence-corrected chi connectivity index (χ0v) is 10.5. The van der Waals surface area contributed by atoms with Crippen LogP contribution in [0.2, 0.25) is 0 Å². The highest BCUT2D eigenvalue weighted by Crippen LogP contribution is 2.28. The molecule has 19 heavy (non-hydrogen) atoms. The lowest BCUT2D eigenvalue weighted by Gasteiger charge is -2.32. The number of hydrogen-bond donors (Lipinski definition) is 2. The number of benzene rings is 1. The fraction of sp³-hybridized carbons (Fsp3) is 0.417. The van der Waals surface area contributed by atoms with Crippen molar-refractivity contribution in [1.29, 1.82) is 0 Å². The van der Waals surface area contributed by atoms with Crippen molar-refractivity contribution in [2.24, 2.45) is 0 Å². The van der Waals surface area contributed by atoms with Gasteiger partial charge in [0.15, 0.2) is 0 Å². The number of aliphatic hydroxyl groups is 1. The van der Waals surface area contributed by atoms with Crippen LogP contribution >= 0.6 is 0 Å². The number of tetrazole rings is 1. The highest BCUT2D eigenvalue weighted by Gasteiger charge is 2.19. The van der Waals surface area contributed by atoms with Gasteiger partial charge in [-0.1, -0.05) is 0 Å². The summed E-state index contributed by atoms with van der Waals surface area (Å²) in [5.41, 5.74) is 8.54. The quantitative estimate of drug-likeness (QED) is 0.750. The molecule has 2 aromatic rings. The van der Waals surface area contributed by atoms with Crippen LogP contribution in [0.1, 0.15) is 12.8 Å². The molecule has 1 aliphatic heterocycles. The summed E-state index contributed by atoms with van der Waals surface area (Å²) in [7, 11) is 0. The molecule has 3 rings (SSSR count). The largest absolute Gasteiger partial charge is 0.397 e. The molecule has 7 heteroatoms. The molecule has 7 nitrogen and oxygen atoms in total. The molecule has 3 N–H and O–H groups in total. The summed E-state index contributed by atoms with van der Waals surface area (Å²) < 4.78 is 1.56. The number of nitrogens with zero attached hydrogens (tertiary/aromatic N) is 5. The van der Waals surface area contributed by atoms with Gasteiger partial charge in [0.25, 0.3) is 0 Å². The maximum Gasteiger partial charge on any atom is 0.143 e. The van der Waals surface area contributed by atoms with Gasteiger partial charge in [-0.25, -0.2) is 4.68 Å². The first kappa shape index (κ1) is 11.9. The third-order valence-corrected chi connectivity index (χ3v) is 3.36. The molecule has 0 unspecified atom stereocenters. The van der Waals surface area contributed by atoms with E-state index in [0.29, 0.717) is 12.2 Å². The first-order chi connectivity index (χ1) is 9.24. The summed E-state index contributed by atoms with van der Waals surface area (Å²) in [6.45, 7) is 1.56. The van der Waals surface area contributed by atoms with E-state index in [0.717, 1.165) is 30.8 Å². The lowest BCUT2D eigenvalue weighted by atomic mass is 10.1. The van der Waals surface area contributed by atoms with Crippen LogP contribution in [-0.2, 0) is 0 Å². The van der Waals surface area contributed by atoms with E-state index in [1.165, 1.54) is 6.33 Å². The minimum Gasteiger partial charge on any atom is -0.397 e. The van der Waals surface area contributed by atoms with Crippen LogP contribution in [-0.4, -0.2) is 44.5 Å². The van der Waals surface area contributed by atoms with Crippen molar-refractivity contribution >= 4 is 11.4 Å². The van der Waals surface area contributed by atoms with Crippen LogP contribution in [0.4, 0.5) is 11.4 Å². The van der Waals surface area contributed by atoms with Gasteiger partial charge < -0.3 is 15.7 Å². The van der Waals surface area contributed by atoms with E-state index < -0.39 is 0 Å². The van der Waals surface area contributed by atoms with E-state index >= 15 is 0 Å². The van der Waals surface area contributed by atoms with Crippen LogP contribution in [0.25, 0.3) is 5.69 Å². The maximum atomic E-state index is 9.72. The second-order valence-corrected chi connectivity index (χ2v) is 4.74. The molecule has 0 spiro atoms. The fourth-order valence-corrected chi connectivity index (χ4v) is 2.43. The van der Waals surface area contributed by atoms with Crippen molar-refractivity contribution in [3.8, 4) is 5.69 Å². The topological polar surface area (TPSA) is 93.1 Å². The molecule has 0 amide bonds. The van der Waals surface area contributed by atoms with Crippen molar-refractivity contribution in [2.45, 2.75) is 18.9 Å². The third kappa shape index (κ3) is 2.37. The van der Waals surface area contributed by atoms with Crippen molar-refractivity contribution in [3.05, 3.63) is 24.5 Å². The van der Waals surface area contributed by atoms with Crippen molar-refractivity contribution < 1.29 is 5.11 Å². The standard InChI is InChI=1S/C12H16N6O/c13-11-6-9(18-8-14-15-16-18)3-4-12(11)17-5-1-2-10(19)7-17/h3-4,6,8,10,19H,1-2,5,7,13H2/t10-/m0/s1. The Labute approximate surface area is 110 Å². The highest BCUT2D eigenvalue weighted by atomic mass is 16.3. The summed E-state index contributed by atoms with van der Waals surface area (Å²) in [6.07, 6.45) is 3.10. The van der Waals surface area contributed by atoms with E-state index in [4.69, 9.17) is 5.73 Å². The van der Waals surface area contributed by atoms with Gasteiger partial charge in [0.2, 0.25) is 0 Å². The van der Waals surface area contributed by atoms with E-state index in [-0.39, 0.29) is 6.10 Å². The number of nitrogens with two attached hydrogens (primary N) is 1. The molecule has 1 aliphatic rings. The number of aromatic nitrogens is 4. The SMILES string of the molecule is Nc1cc(-n2cnnn2)ccc1N1CCC[C@H](O)C1. The van der Waals surface area contributed by atoms with Gasteiger partial charge in [-0.15, -0.1) is 5.10 Å². The Morgan fingerprint density at radius 2 is 2.26 bits per heavy atom. The highest BCUT2D eigenvalue weighted by molar-refractivity contribution is 5.70. The molecule has 1 atom stereocenters. The molecule has 1 aromatic heterocycles. The Kier molecular flexibility index (Phi) is 3.04. The van der Waals surface area contributed by atoms with Crippen molar-refractivity contribution in [2.75, 3.05) is 23.7 Å². The lowest BCUT2D eigenvalue weighted by Crippen LogP contribution is -2.38. The first-order valence-corrected chi connectivity index (χ1v) is 6.30. The third-order valence-electron chi connectivity index (χ3n) is 3.36. The lowest BCUT2D eigenvalue weighted by molar-refractivity contribution is 0.154. The van der Waals surface area contributed by atoms with E-state index in [9.17, 15) is 5.11 Å². The number of aliphatic hydroxyl groups excluding tert-OH is 1. The predicted molar refractivity (Wildman–Crippen MR) is 71.0 cm³/mol. The zero-order chi connectivity index (χ0) is 13.2. The molecule has 2 heterocycles. The van der Waals surface area contributed by atoms with Gasteiger partial charge in [-0.3, -0.25) is 0 Å². The molecule has 0 bridgehead atoms. The van der Waals surface area contributed by atoms with E-state index in [1.54, 1.807) is 4.68 Å². The van der Waals surface area contributed by atoms with Gasteiger partial charge >= 0.3 is 0 Å². The van der Waals surface area contributed by atoms with Crippen molar-refractivity contribution in [3.63, 3.8) is 0 Å². The zero-order valence-electron chi connectivity index (χ0n) is 10.5. The van der Waals surface area contributed by atoms with Crippen LogP contribution in [0.3, 0.4) is 0 Å². The van der Waals surface area contributed by atoms with Gasteiger partial charge in [-0.2, -0.15) is 0 Å². The smallest absolute Gasteiger partial charge is 0.143 e. The summed E-state index contributed by atoms with van der Waals surface area (Å²) in [5, 5.41) is 20.7. The fourth-order valence-electron chi connectivity index (χ4n) is 2.43. The maximum absolute atomic E-state index is 9.72. The molecule has 0 radical (unpaired) electrons. The van der Waals surface area contributed by atoms with Gasteiger partial charge in [-0.05, 0) is 41.5 Å². The minimum atomic E-state index is -0.271. The first-order valence-electron chi connectivity index (χ1n) is 6.30. The molecule has 1 saturated heterocycles. The number of β-amino-alcohol motifs (C(OH)–C–C–N with tert-alkyl or cyclic N) is 1. The minimum absolute atomic E-state index is 0.271. The summed E-state index contributed by atoms with van der Waals surface area (Å²) >= 11 is 0. The number of piperidine rings is 1. The second-order valence-electron chi connectivity index (χ2n) is 4.74. The predicted octanol–water partition coefficient (Wildman–Crippen LogP) is 0.206. The van der Waals surface area contributed by atoms with Gasteiger partial charge in [0, 0.05) is 13.1 Å². The second kappa shape index (κ2) is 4.85. The monoisotopic (exact) mass is 260 g/mol. The number of hydrogen-bond acceptors (Lipinski definition) is 6. The Hall–Kier alpha value is -2.15. The molecule has 100 valence electrons. The Morgan fingerprint density at radius 1 is 1.37 bits per heavy atom. The van der Waals surface area contributed by atoms with E-state index in [1.807, 2.05) is 18.2 Å². The van der Waals surface area contributed by atoms with Crippen LogP contribution in [0.5, 0.6) is 0 Å². The van der Waals surface area contributed by atoms with Crippen LogP contribution in [0, 0.1) is 0 Å². The van der Waals surface area contributed by atoms with E-state index in [2.05, 4.69) is 20.4 Å². The summed E-state index contributed by atoms with van der Waals surface area (Å²) in [5.74, 6) is 0. The molecular weight excluding hydrogens is 244 g/mol. The Bertz CT molecular complexity index is 555. The number of anilines is 2. The van der Waals surface area contributed by atoms with Gasteiger partial charge in [0.05, 0.1) is 23.2 Å². The summed E-state index contributed by atoms with van der Waals surface area (Å²) in [6, 6.07) is 5.71. The Morgan fingerprint density at radius 3 is 2.95 bits per heavy atom. The normalized spacial score (nSPS) is 19.6. The molecule has 0 aliphatic carbocycles. The number of nitrogen functional groups attached to an aromatic ring is 1. The van der Waals surface area contributed by atoms with Crippen LogP contribution < -0.4 is 10.6 Å².